The smallest absolute Gasteiger partial charge is 0.303 e. The van der Waals surface area contributed by atoms with Gasteiger partial charge in [0.1, 0.15) is 0 Å². The minimum atomic E-state index is -0.762. The molecular formula is C16H21NO3S. The first-order valence-corrected chi connectivity index (χ1v) is 8.53. The lowest BCUT2D eigenvalue weighted by atomic mass is 9.66. The summed E-state index contributed by atoms with van der Waals surface area (Å²) in [5.41, 5.74) is 0.984. The summed E-state index contributed by atoms with van der Waals surface area (Å²) in [4.78, 5) is 24.8. The van der Waals surface area contributed by atoms with E-state index < -0.39 is 5.97 Å². The summed E-state index contributed by atoms with van der Waals surface area (Å²) in [6, 6.07) is 2.07. The fraction of sp³-hybridized carbons (Fsp3) is 0.625. The Bertz CT molecular complexity index is 547. The van der Waals surface area contributed by atoms with E-state index in [-0.39, 0.29) is 23.7 Å². The molecule has 2 N–H and O–H groups in total. The van der Waals surface area contributed by atoms with Crippen molar-refractivity contribution in [3.05, 3.63) is 21.9 Å². The number of nitrogens with one attached hydrogen (secondary N) is 1. The number of thiophene rings is 1. The summed E-state index contributed by atoms with van der Waals surface area (Å²) in [5.74, 6) is -0.727. The third kappa shape index (κ3) is 2.98. The van der Waals surface area contributed by atoms with Crippen molar-refractivity contribution in [3.8, 4) is 0 Å². The zero-order chi connectivity index (χ0) is 14.9. The van der Waals surface area contributed by atoms with Crippen LogP contribution in [0.15, 0.2) is 11.4 Å². The third-order valence-corrected chi connectivity index (χ3v) is 5.94. The molecule has 2 aliphatic carbocycles. The molecule has 1 atom stereocenters. The third-order valence-electron chi connectivity index (χ3n) is 4.95. The number of aryl methyl sites for hydroxylation is 1. The van der Waals surface area contributed by atoms with Gasteiger partial charge < -0.3 is 10.4 Å². The number of aliphatic carboxylic acids is 1. The van der Waals surface area contributed by atoms with Crippen molar-refractivity contribution in [1.82, 2.24) is 5.32 Å². The van der Waals surface area contributed by atoms with E-state index in [1.54, 1.807) is 11.3 Å². The van der Waals surface area contributed by atoms with Crippen molar-refractivity contribution >= 4 is 23.2 Å². The molecule has 0 bridgehead atoms. The molecule has 2 aliphatic rings. The van der Waals surface area contributed by atoms with Gasteiger partial charge in [-0.05, 0) is 54.5 Å². The van der Waals surface area contributed by atoms with E-state index in [1.807, 2.05) is 0 Å². The van der Waals surface area contributed by atoms with Crippen molar-refractivity contribution < 1.29 is 14.7 Å². The molecule has 1 fully saturated rings. The van der Waals surface area contributed by atoms with Crippen LogP contribution in [0.4, 0.5) is 0 Å². The van der Waals surface area contributed by atoms with Crippen molar-refractivity contribution in [1.29, 1.82) is 0 Å². The highest BCUT2D eigenvalue weighted by atomic mass is 32.1. The monoisotopic (exact) mass is 307 g/mol. The van der Waals surface area contributed by atoms with Gasteiger partial charge in [0.05, 0.1) is 12.3 Å². The van der Waals surface area contributed by atoms with Gasteiger partial charge in [0, 0.05) is 11.4 Å². The molecule has 1 aromatic rings. The van der Waals surface area contributed by atoms with E-state index >= 15 is 0 Å². The molecule has 5 heteroatoms. The number of amides is 1. The molecule has 1 amide bonds. The van der Waals surface area contributed by atoms with Gasteiger partial charge in [0.15, 0.2) is 0 Å². The molecule has 1 saturated carbocycles. The minimum absolute atomic E-state index is 0.0399. The maximum atomic E-state index is 12.5. The van der Waals surface area contributed by atoms with Crippen molar-refractivity contribution in [2.45, 2.75) is 50.9 Å². The van der Waals surface area contributed by atoms with E-state index in [1.165, 1.54) is 10.4 Å². The van der Waals surface area contributed by atoms with E-state index in [9.17, 15) is 9.59 Å². The van der Waals surface area contributed by atoms with Crippen LogP contribution in [0.5, 0.6) is 0 Å². The average Bonchev–Trinajstić information content (AvgIpc) is 2.89. The van der Waals surface area contributed by atoms with Crippen LogP contribution in [0.25, 0.3) is 0 Å². The van der Waals surface area contributed by atoms with Crippen LogP contribution in [0, 0.1) is 5.41 Å². The highest BCUT2D eigenvalue weighted by Gasteiger charge is 2.40. The van der Waals surface area contributed by atoms with Crippen molar-refractivity contribution in [2.24, 2.45) is 5.41 Å². The molecule has 0 aromatic carbocycles. The Kier molecular flexibility index (Phi) is 4.02. The quantitative estimate of drug-likeness (QED) is 0.879. The van der Waals surface area contributed by atoms with E-state index in [2.05, 4.69) is 16.8 Å². The fourth-order valence-corrected chi connectivity index (χ4v) is 4.56. The Labute approximate surface area is 128 Å². The first-order valence-electron chi connectivity index (χ1n) is 7.65. The molecule has 0 spiro atoms. The number of carboxylic acids is 1. The number of hydrogen-bond acceptors (Lipinski definition) is 3. The lowest BCUT2D eigenvalue weighted by molar-refractivity contribution is -0.142. The van der Waals surface area contributed by atoms with Gasteiger partial charge >= 0.3 is 5.97 Å². The lowest BCUT2D eigenvalue weighted by Crippen LogP contribution is -2.45. The van der Waals surface area contributed by atoms with Gasteiger partial charge in [-0.15, -0.1) is 11.3 Å². The summed E-state index contributed by atoms with van der Waals surface area (Å²) in [5, 5.41) is 14.1. The highest BCUT2D eigenvalue weighted by Crippen LogP contribution is 2.43. The van der Waals surface area contributed by atoms with Crippen LogP contribution in [-0.4, -0.2) is 23.5 Å². The summed E-state index contributed by atoms with van der Waals surface area (Å²) >= 11 is 1.74. The number of carbonyl (C=O) groups excluding carboxylic acids is 1. The predicted octanol–water partition coefficient (Wildman–Crippen LogP) is 2.93. The normalized spacial score (nSPS) is 23.0. The Balaban J connectivity index is 1.61. The molecule has 0 aliphatic heterocycles. The molecule has 21 heavy (non-hydrogen) atoms. The molecule has 1 heterocycles. The lowest BCUT2D eigenvalue weighted by Gasteiger charge is -2.41. The Morgan fingerprint density at radius 3 is 2.86 bits per heavy atom. The first kappa shape index (κ1) is 14.6. The second kappa shape index (κ2) is 5.79. The van der Waals surface area contributed by atoms with Crippen LogP contribution < -0.4 is 5.32 Å². The SMILES string of the molecule is O=C(O)CC1(CNC(=O)C2CCCc3sccc32)CCC1. The van der Waals surface area contributed by atoms with Crippen molar-refractivity contribution in [3.63, 3.8) is 0 Å². The van der Waals surface area contributed by atoms with E-state index in [4.69, 9.17) is 5.11 Å². The maximum Gasteiger partial charge on any atom is 0.303 e. The van der Waals surface area contributed by atoms with Crippen LogP contribution in [-0.2, 0) is 16.0 Å². The summed E-state index contributed by atoms with van der Waals surface area (Å²) in [7, 11) is 0. The molecule has 0 saturated heterocycles. The Morgan fingerprint density at radius 2 is 2.19 bits per heavy atom. The molecule has 0 radical (unpaired) electrons. The number of carbonyl (C=O) groups is 2. The first-order chi connectivity index (χ1) is 10.1. The van der Waals surface area contributed by atoms with Gasteiger partial charge in [-0.1, -0.05) is 6.42 Å². The fourth-order valence-electron chi connectivity index (χ4n) is 3.57. The Hall–Kier alpha value is -1.36. The second-order valence-electron chi connectivity index (χ2n) is 6.39. The number of hydrogen-bond donors (Lipinski definition) is 2. The van der Waals surface area contributed by atoms with Crippen molar-refractivity contribution in [2.75, 3.05) is 6.54 Å². The Morgan fingerprint density at radius 1 is 1.38 bits per heavy atom. The molecule has 3 rings (SSSR count). The number of carboxylic acid groups (broad SMARTS) is 1. The minimum Gasteiger partial charge on any atom is -0.481 e. The summed E-state index contributed by atoms with van der Waals surface area (Å²) in [6.45, 7) is 0.508. The second-order valence-corrected chi connectivity index (χ2v) is 7.39. The summed E-state index contributed by atoms with van der Waals surface area (Å²) < 4.78 is 0. The molecular weight excluding hydrogens is 286 g/mol. The van der Waals surface area contributed by atoms with Gasteiger partial charge in [-0.2, -0.15) is 0 Å². The number of fused-ring (bicyclic) bond motifs is 1. The van der Waals surface area contributed by atoms with Gasteiger partial charge in [-0.3, -0.25) is 9.59 Å². The van der Waals surface area contributed by atoms with Crippen LogP contribution in [0.1, 0.15) is 54.9 Å². The maximum absolute atomic E-state index is 12.5. The van der Waals surface area contributed by atoms with Crippen LogP contribution >= 0.6 is 11.3 Å². The number of rotatable bonds is 5. The van der Waals surface area contributed by atoms with E-state index in [0.29, 0.717) is 6.54 Å². The van der Waals surface area contributed by atoms with Gasteiger partial charge in [0.25, 0.3) is 0 Å². The summed E-state index contributed by atoms with van der Waals surface area (Å²) in [6.07, 6.45) is 6.11. The van der Waals surface area contributed by atoms with E-state index in [0.717, 1.165) is 38.5 Å². The molecule has 1 aromatic heterocycles. The van der Waals surface area contributed by atoms with Gasteiger partial charge in [0.2, 0.25) is 5.91 Å². The highest BCUT2D eigenvalue weighted by molar-refractivity contribution is 7.10. The predicted molar refractivity (Wildman–Crippen MR) is 81.5 cm³/mol. The molecule has 114 valence electrons. The molecule has 4 nitrogen and oxygen atoms in total. The zero-order valence-corrected chi connectivity index (χ0v) is 12.9. The van der Waals surface area contributed by atoms with Gasteiger partial charge in [-0.25, -0.2) is 0 Å². The van der Waals surface area contributed by atoms with Crippen LogP contribution in [0.3, 0.4) is 0 Å². The largest absolute Gasteiger partial charge is 0.481 e. The topological polar surface area (TPSA) is 66.4 Å². The van der Waals surface area contributed by atoms with Crippen LogP contribution in [0.2, 0.25) is 0 Å². The zero-order valence-electron chi connectivity index (χ0n) is 12.1. The average molecular weight is 307 g/mol. The molecule has 1 unspecified atom stereocenters. The standard InChI is InChI=1S/C16H21NO3S/c18-14(19)9-16(6-2-7-16)10-17-15(20)12-3-1-4-13-11(12)5-8-21-13/h5,8,12H,1-4,6-7,9-10H2,(H,17,20)(H,18,19).